The summed E-state index contributed by atoms with van der Waals surface area (Å²) in [5.41, 5.74) is 0.936. The van der Waals surface area contributed by atoms with Gasteiger partial charge in [-0.2, -0.15) is 11.8 Å². The van der Waals surface area contributed by atoms with Crippen LogP contribution < -0.4 is 5.32 Å². The van der Waals surface area contributed by atoms with E-state index >= 15 is 0 Å². The molecule has 2 rings (SSSR count). The van der Waals surface area contributed by atoms with E-state index in [9.17, 15) is 0 Å². The zero-order valence-corrected chi connectivity index (χ0v) is 14.4. The van der Waals surface area contributed by atoms with Gasteiger partial charge in [0, 0.05) is 26.0 Å². The summed E-state index contributed by atoms with van der Waals surface area (Å²) in [6.45, 7) is 1.66. The Hall–Kier alpha value is -1.62. The van der Waals surface area contributed by atoms with E-state index < -0.39 is 0 Å². The number of hydrogen-bond donors (Lipinski definition) is 1. The average molecular weight is 319 g/mol. The molecule has 0 radical (unpaired) electrons. The van der Waals surface area contributed by atoms with Crippen LogP contribution in [0.15, 0.2) is 39.7 Å². The minimum Gasteiger partial charge on any atom is -0.459 e. The number of rotatable bonds is 7. The smallest absolute Gasteiger partial charge is 0.193 e. The van der Waals surface area contributed by atoms with Gasteiger partial charge >= 0.3 is 0 Å². The van der Waals surface area contributed by atoms with Crippen LogP contribution in [0.5, 0.6) is 0 Å². The van der Waals surface area contributed by atoms with Gasteiger partial charge in [-0.15, -0.1) is 0 Å². The highest BCUT2D eigenvalue weighted by molar-refractivity contribution is 7.98. The quantitative estimate of drug-likeness (QED) is 0.481. The van der Waals surface area contributed by atoms with Gasteiger partial charge in [-0.05, 0) is 37.0 Å². The molecular weight excluding hydrogens is 294 g/mol. The number of hydrogen-bond acceptors (Lipinski definition) is 3. The Morgan fingerprint density at radius 1 is 1.32 bits per heavy atom. The third-order valence-electron chi connectivity index (χ3n) is 3.50. The van der Waals surface area contributed by atoms with Crippen LogP contribution in [0, 0.1) is 0 Å². The Morgan fingerprint density at radius 2 is 2.14 bits per heavy atom. The molecule has 0 atom stereocenters. The Bertz CT molecular complexity index is 576. The summed E-state index contributed by atoms with van der Waals surface area (Å²) in [6, 6.07) is 10.2. The van der Waals surface area contributed by atoms with Crippen LogP contribution in [-0.2, 0) is 6.54 Å². The van der Waals surface area contributed by atoms with Crippen LogP contribution in [0.2, 0.25) is 0 Å². The van der Waals surface area contributed by atoms with Gasteiger partial charge < -0.3 is 14.6 Å². The third kappa shape index (κ3) is 4.70. The van der Waals surface area contributed by atoms with Crippen molar-refractivity contribution in [3.63, 3.8) is 0 Å². The number of guanidine groups is 1. The summed E-state index contributed by atoms with van der Waals surface area (Å²) in [6.07, 6.45) is 4.55. The van der Waals surface area contributed by atoms with E-state index in [-0.39, 0.29) is 0 Å². The maximum absolute atomic E-state index is 5.86. The van der Waals surface area contributed by atoms with Gasteiger partial charge in [0.1, 0.15) is 11.3 Å². The SMILES string of the molecule is CN=C(NCCCCSC)N(C)Cc1cc2ccccc2o1. The average Bonchev–Trinajstić information content (AvgIpc) is 2.92. The van der Waals surface area contributed by atoms with E-state index in [1.165, 1.54) is 18.6 Å². The minimum absolute atomic E-state index is 0.708. The van der Waals surface area contributed by atoms with Crippen LogP contribution in [-0.4, -0.2) is 43.5 Å². The van der Waals surface area contributed by atoms with Gasteiger partial charge in [0.05, 0.1) is 6.54 Å². The molecule has 0 bridgehead atoms. The minimum atomic E-state index is 0.708. The Labute approximate surface area is 137 Å². The zero-order valence-electron chi connectivity index (χ0n) is 13.6. The van der Waals surface area contributed by atoms with Gasteiger partial charge in [-0.3, -0.25) is 4.99 Å². The lowest BCUT2D eigenvalue weighted by Crippen LogP contribution is -2.38. The molecule has 5 heteroatoms. The molecule has 2 aromatic rings. The molecule has 0 aliphatic rings. The Kier molecular flexibility index (Phi) is 6.65. The molecule has 1 N–H and O–H groups in total. The van der Waals surface area contributed by atoms with Crippen molar-refractivity contribution in [2.45, 2.75) is 19.4 Å². The first-order valence-electron chi connectivity index (χ1n) is 7.62. The summed E-state index contributed by atoms with van der Waals surface area (Å²) >= 11 is 1.90. The molecule has 22 heavy (non-hydrogen) atoms. The van der Waals surface area contributed by atoms with Crippen molar-refractivity contribution >= 4 is 28.7 Å². The lowest BCUT2D eigenvalue weighted by Gasteiger charge is -2.21. The molecule has 1 heterocycles. The number of nitrogens with zero attached hydrogens (tertiary/aromatic N) is 2. The normalized spacial score (nSPS) is 11.9. The molecule has 0 saturated carbocycles. The number of benzene rings is 1. The fourth-order valence-corrected chi connectivity index (χ4v) is 2.87. The number of fused-ring (bicyclic) bond motifs is 1. The lowest BCUT2D eigenvalue weighted by molar-refractivity contribution is 0.412. The maximum Gasteiger partial charge on any atom is 0.193 e. The number of furan rings is 1. The molecule has 0 aliphatic carbocycles. The fourth-order valence-electron chi connectivity index (χ4n) is 2.38. The van der Waals surface area contributed by atoms with Crippen LogP contribution >= 0.6 is 11.8 Å². The predicted molar refractivity (Wildman–Crippen MR) is 96.7 cm³/mol. The van der Waals surface area contributed by atoms with E-state index in [2.05, 4.69) is 33.6 Å². The van der Waals surface area contributed by atoms with Crippen LogP contribution in [0.3, 0.4) is 0 Å². The highest BCUT2D eigenvalue weighted by Gasteiger charge is 2.09. The number of thioether (sulfide) groups is 1. The molecule has 1 aromatic heterocycles. The summed E-state index contributed by atoms with van der Waals surface area (Å²) in [5, 5.41) is 4.55. The summed E-state index contributed by atoms with van der Waals surface area (Å²) in [4.78, 5) is 6.43. The highest BCUT2D eigenvalue weighted by atomic mass is 32.2. The Morgan fingerprint density at radius 3 is 2.86 bits per heavy atom. The van der Waals surface area contributed by atoms with Crippen molar-refractivity contribution in [3.8, 4) is 0 Å². The summed E-state index contributed by atoms with van der Waals surface area (Å²) < 4.78 is 5.86. The Balaban J connectivity index is 1.87. The first kappa shape index (κ1) is 16.7. The first-order chi connectivity index (χ1) is 10.7. The number of nitrogens with one attached hydrogen (secondary N) is 1. The number of unbranched alkanes of at least 4 members (excludes halogenated alkanes) is 1. The largest absolute Gasteiger partial charge is 0.459 e. The second-order valence-corrected chi connectivity index (χ2v) is 6.27. The summed E-state index contributed by atoms with van der Waals surface area (Å²) in [7, 11) is 3.85. The van der Waals surface area contributed by atoms with E-state index in [1.807, 2.05) is 44.1 Å². The number of aliphatic imine (C=N–C) groups is 1. The molecule has 1 aromatic carbocycles. The van der Waals surface area contributed by atoms with Crippen LogP contribution in [0.4, 0.5) is 0 Å². The van der Waals surface area contributed by atoms with Crippen molar-refractivity contribution in [2.75, 3.05) is 32.6 Å². The monoisotopic (exact) mass is 319 g/mol. The van der Waals surface area contributed by atoms with Crippen molar-refractivity contribution in [2.24, 2.45) is 4.99 Å². The second kappa shape index (κ2) is 8.73. The first-order valence-corrected chi connectivity index (χ1v) is 9.02. The van der Waals surface area contributed by atoms with Gasteiger partial charge in [-0.25, -0.2) is 0 Å². The van der Waals surface area contributed by atoms with Crippen LogP contribution in [0.1, 0.15) is 18.6 Å². The fraction of sp³-hybridized carbons (Fsp3) is 0.471. The van der Waals surface area contributed by atoms with Crippen molar-refractivity contribution in [1.82, 2.24) is 10.2 Å². The molecule has 0 amide bonds. The molecule has 120 valence electrons. The van der Waals surface area contributed by atoms with Gasteiger partial charge in [0.25, 0.3) is 0 Å². The molecule has 0 spiro atoms. The molecular formula is C17H25N3OS. The van der Waals surface area contributed by atoms with Gasteiger partial charge in [0.2, 0.25) is 0 Å². The second-order valence-electron chi connectivity index (χ2n) is 5.28. The van der Waals surface area contributed by atoms with E-state index in [0.717, 1.165) is 29.2 Å². The maximum atomic E-state index is 5.86. The highest BCUT2D eigenvalue weighted by Crippen LogP contribution is 2.19. The lowest BCUT2D eigenvalue weighted by atomic mass is 10.2. The van der Waals surface area contributed by atoms with Crippen molar-refractivity contribution < 1.29 is 4.42 Å². The molecule has 0 saturated heterocycles. The van der Waals surface area contributed by atoms with E-state index in [4.69, 9.17) is 4.42 Å². The predicted octanol–water partition coefficient (Wildman–Crippen LogP) is 3.58. The summed E-state index contributed by atoms with van der Waals surface area (Å²) in [5.74, 6) is 3.08. The molecule has 0 fully saturated rings. The molecule has 0 unspecified atom stereocenters. The third-order valence-corrected chi connectivity index (χ3v) is 4.20. The van der Waals surface area contributed by atoms with Gasteiger partial charge in [0.15, 0.2) is 5.96 Å². The van der Waals surface area contributed by atoms with Crippen LogP contribution in [0.25, 0.3) is 11.0 Å². The van der Waals surface area contributed by atoms with Gasteiger partial charge in [-0.1, -0.05) is 18.2 Å². The molecule has 0 aliphatic heterocycles. The van der Waals surface area contributed by atoms with Crippen molar-refractivity contribution in [1.29, 1.82) is 0 Å². The topological polar surface area (TPSA) is 40.8 Å². The standard InChI is InChI=1S/C17H25N3OS/c1-18-17(19-10-6-7-11-22-3)20(2)13-15-12-14-8-4-5-9-16(14)21-15/h4-5,8-9,12H,6-7,10-11,13H2,1-3H3,(H,18,19). The van der Waals surface area contributed by atoms with Crippen molar-refractivity contribution in [3.05, 3.63) is 36.1 Å². The molecule has 4 nitrogen and oxygen atoms in total. The number of para-hydroxylation sites is 1. The van der Waals surface area contributed by atoms with E-state index in [0.29, 0.717) is 6.54 Å². The zero-order chi connectivity index (χ0) is 15.8. The van der Waals surface area contributed by atoms with E-state index in [1.54, 1.807) is 0 Å².